The van der Waals surface area contributed by atoms with Gasteiger partial charge in [0.2, 0.25) is 0 Å². The molecule has 1 atom stereocenters. The molecule has 1 unspecified atom stereocenters. The van der Waals surface area contributed by atoms with Crippen LogP contribution in [0.2, 0.25) is 0 Å². The Kier molecular flexibility index (Phi) is 3.05. The Morgan fingerprint density at radius 1 is 1.11 bits per heavy atom. The van der Waals surface area contributed by atoms with Crippen molar-refractivity contribution in [2.24, 2.45) is 7.05 Å². The first-order valence-corrected chi connectivity index (χ1v) is 6.38. The topological polar surface area (TPSA) is 38.0 Å². The van der Waals surface area contributed by atoms with Gasteiger partial charge in [-0.1, -0.05) is 42.5 Å². The summed E-state index contributed by atoms with van der Waals surface area (Å²) in [5.74, 6) is 0. The van der Waals surface area contributed by atoms with E-state index >= 15 is 0 Å². The summed E-state index contributed by atoms with van der Waals surface area (Å²) in [4.78, 5) is 0. The van der Waals surface area contributed by atoms with Gasteiger partial charge in [0.1, 0.15) is 0 Å². The van der Waals surface area contributed by atoms with Crippen LogP contribution in [0, 0.1) is 0 Å². The van der Waals surface area contributed by atoms with Crippen LogP contribution >= 0.6 is 0 Å². The third-order valence-electron chi connectivity index (χ3n) is 3.49. The number of rotatable bonds is 3. The van der Waals surface area contributed by atoms with Crippen molar-refractivity contribution < 1.29 is 5.11 Å². The zero-order chi connectivity index (χ0) is 13.2. The molecule has 19 heavy (non-hydrogen) atoms. The summed E-state index contributed by atoms with van der Waals surface area (Å²) in [7, 11) is 1.85. The first kappa shape index (κ1) is 11.9. The Balaban J connectivity index is 1.96. The Morgan fingerprint density at radius 2 is 1.89 bits per heavy atom. The van der Waals surface area contributed by atoms with Crippen molar-refractivity contribution in [3.8, 4) is 0 Å². The van der Waals surface area contributed by atoms with Gasteiger partial charge in [0.05, 0.1) is 11.8 Å². The number of benzene rings is 2. The van der Waals surface area contributed by atoms with Gasteiger partial charge in [-0.05, 0) is 22.4 Å². The standard InChI is InChI=1S/C16H16N2O/c1-18-15(9-10-17-18)16(19)11-13-7-4-6-12-5-2-3-8-14(12)13/h2-10,16,19H,11H2,1H3. The SMILES string of the molecule is Cn1nccc1C(O)Cc1cccc2ccccc12. The van der Waals surface area contributed by atoms with Crippen LogP contribution in [0.1, 0.15) is 17.4 Å². The fourth-order valence-corrected chi connectivity index (χ4v) is 2.49. The number of aliphatic hydroxyl groups excluding tert-OH is 1. The molecule has 0 spiro atoms. The van der Waals surface area contributed by atoms with Crippen LogP contribution < -0.4 is 0 Å². The molecule has 1 aromatic heterocycles. The molecule has 3 heteroatoms. The molecule has 3 nitrogen and oxygen atoms in total. The molecule has 0 bridgehead atoms. The molecule has 0 radical (unpaired) electrons. The van der Waals surface area contributed by atoms with Crippen LogP contribution in [-0.4, -0.2) is 14.9 Å². The van der Waals surface area contributed by atoms with Crippen molar-refractivity contribution in [2.75, 3.05) is 0 Å². The average Bonchev–Trinajstić information content (AvgIpc) is 2.85. The second kappa shape index (κ2) is 4.86. The Hall–Kier alpha value is -2.13. The van der Waals surface area contributed by atoms with E-state index in [4.69, 9.17) is 0 Å². The normalized spacial score (nSPS) is 12.7. The Morgan fingerprint density at radius 3 is 2.68 bits per heavy atom. The van der Waals surface area contributed by atoms with Crippen LogP contribution in [0.3, 0.4) is 0 Å². The van der Waals surface area contributed by atoms with E-state index in [2.05, 4.69) is 29.4 Å². The smallest absolute Gasteiger partial charge is 0.0996 e. The number of aliphatic hydroxyl groups is 1. The van der Waals surface area contributed by atoms with Crippen molar-refractivity contribution in [3.63, 3.8) is 0 Å². The lowest BCUT2D eigenvalue weighted by Gasteiger charge is -2.13. The Labute approximate surface area is 112 Å². The minimum absolute atomic E-state index is 0.529. The number of hydrogen-bond donors (Lipinski definition) is 1. The number of hydrogen-bond acceptors (Lipinski definition) is 2. The van der Waals surface area contributed by atoms with Crippen molar-refractivity contribution in [2.45, 2.75) is 12.5 Å². The molecular formula is C16H16N2O. The molecule has 0 aliphatic heterocycles. The third kappa shape index (κ3) is 2.25. The van der Waals surface area contributed by atoms with E-state index in [-0.39, 0.29) is 0 Å². The number of nitrogens with zero attached hydrogens (tertiary/aromatic N) is 2. The van der Waals surface area contributed by atoms with Crippen LogP contribution in [0.15, 0.2) is 54.7 Å². The summed E-state index contributed by atoms with van der Waals surface area (Å²) < 4.78 is 1.72. The molecule has 2 aromatic carbocycles. The highest BCUT2D eigenvalue weighted by Crippen LogP contribution is 2.24. The zero-order valence-corrected chi connectivity index (χ0v) is 10.8. The maximum absolute atomic E-state index is 10.3. The molecule has 1 heterocycles. The third-order valence-corrected chi connectivity index (χ3v) is 3.49. The van der Waals surface area contributed by atoms with Crippen molar-refractivity contribution in [3.05, 3.63) is 66.0 Å². The highest BCUT2D eigenvalue weighted by molar-refractivity contribution is 5.85. The Bertz CT molecular complexity index is 697. The molecule has 1 N–H and O–H groups in total. The number of fused-ring (bicyclic) bond motifs is 1. The van der Waals surface area contributed by atoms with Gasteiger partial charge in [-0.3, -0.25) is 4.68 Å². The summed E-state index contributed by atoms with van der Waals surface area (Å²) >= 11 is 0. The molecule has 96 valence electrons. The highest BCUT2D eigenvalue weighted by atomic mass is 16.3. The summed E-state index contributed by atoms with van der Waals surface area (Å²) in [6.45, 7) is 0. The predicted octanol–water partition coefficient (Wildman–Crippen LogP) is 2.85. The van der Waals surface area contributed by atoms with E-state index in [1.807, 2.05) is 31.3 Å². The quantitative estimate of drug-likeness (QED) is 0.778. The van der Waals surface area contributed by atoms with Crippen molar-refractivity contribution in [1.29, 1.82) is 0 Å². The predicted molar refractivity (Wildman–Crippen MR) is 75.8 cm³/mol. The van der Waals surface area contributed by atoms with Gasteiger partial charge >= 0.3 is 0 Å². The van der Waals surface area contributed by atoms with Crippen LogP contribution in [0.4, 0.5) is 0 Å². The van der Waals surface area contributed by atoms with E-state index < -0.39 is 6.10 Å². The largest absolute Gasteiger partial charge is 0.386 e. The minimum Gasteiger partial charge on any atom is -0.386 e. The minimum atomic E-state index is -0.529. The summed E-state index contributed by atoms with van der Waals surface area (Å²) in [5.41, 5.74) is 2.00. The molecule has 0 amide bonds. The summed E-state index contributed by atoms with van der Waals surface area (Å²) in [5, 5.41) is 16.8. The van der Waals surface area contributed by atoms with E-state index in [0.29, 0.717) is 6.42 Å². The first-order valence-electron chi connectivity index (χ1n) is 6.38. The van der Waals surface area contributed by atoms with Gasteiger partial charge in [-0.2, -0.15) is 5.10 Å². The highest BCUT2D eigenvalue weighted by Gasteiger charge is 2.13. The van der Waals surface area contributed by atoms with Crippen LogP contribution in [0.5, 0.6) is 0 Å². The lowest BCUT2D eigenvalue weighted by molar-refractivity contribution is 0.169. The number of aromatic nitrogens is 2. The van der Waals surface area contributed by atoms with Gasteiger partial charge in [0.15, 0.2) is 0 Å². The van der Waals surface area contributed by atoms with Gasteiger partial charge in [-0.15, -0.1) is 0 Å². The van der Waals surface area contributed by atoms with E-state index in [1.54, 1.807) is 10.9 Å². The second-order valence-corrected chi connectivity index (χ2v) is 4.74. The molecule has 3 rings (SSSR count). The van der Waals surface area contributed by atoms with Gasteiger partial charge in [0.25, 0.3) is 0 Å². The van der Waals surface area contributed by atoms with E-state index in [1.165, 1.54) is 10.8 Å². The van der Waals surface area contributed by atoms with Crippen LogP contribution in [-0.2, 0) is 13.5 Å². The first-order chi connectivity index (χ1) is 9.25. The fraction of sp³-hybridized carbons (Fsp3) is 0.188. The lowest BCUT2D eigenvalue weighted by Crippen LogP contribution is -2.08. The summed E-state index contributed by atoms with van der Waals surface area (Å²) in [6, 6.07) is 16.3. The maximum Gasteiger partial charge on any atom is 0.0996 e. The van der Waals surface area contributed by atoms with Crippen LogP contribution in [0.25, 0.3) is 10.8 Å². The maximum atomic E-state index is 10.3. The summed E-state index contributed by atoms with van der Waals surface area (Å²) in [6.07, 6.45) is 1.78. The van der Waals surface area contributed by atoms with Gasteiger partial charge in [0, 0.05) is 19.7 Å². The molecule has 0 aliphatic carbocycles. The van der Waals surface area contributed by atoms with Gasteiger partial charge < -0.3 is 5.11 Å². The monoisotopic (exact) mass is 252 g/mol. The second-order valence-electron chi connectivity index (χ2n) is 4.74. The lowest BCUT2D eigenvalue weighted by atomic mass is 9.99. The fourth-order valence-electron chi connectivity index (χ4n) is 2.49. The van der Waals surface area contributed by atoms with Crippen molar-refractivity contribution >= 4 is 10.8 Å². The molecule has 0 saturated carbocycles. The number of aryl methyl sites for hydroxylation is 1. The van der Waals surface area contributed by atoms with E-state index in [0.717, 1.165) is 11.3 Å². The van der Waals surface area contributed by atoms with Crippen molar-refractivity contribution in [1.82, 2.24) is 9.78 Å². The molecular weight excluding hydrogens is 236 g/mol. The molecule has 0 saturated heterocycles. The molecule has 3 aromatic rings. The zero-order valence-electron chi connectivity index (χ0n) is 10.8. The van der Waals surface area contributed by atoms with Gasteiger partial charge in [-0.25, -0.2) is 0 Å². The molecule has 0 aliphatic rings. The average molecular weight is 252 g/mol. The van der Waals surface area contributed by atoms with E-state index in [9.17, 15) is 5.11 Å². The molecule has 0 fully saturated rings.